The van der Waals surface area contributed by atoms with Gasteiger partial charge in [-0.3, -0.25) is 14.8 Å². The normalized spacial score (nSPS) is 23.2. The number of primary amides is 1. The predicted molar refractivity (Wildman–Crippen MR) is 100 cm³/mol. The van der Waals surface area contributed by atoms with E-state index in [2.05, 4.69) is 5.32 Å². The van der Waals surface area contributed by atoms with Crippen molar-refractivity contribution in [1.29, 1.82) is 0 Å². The number of carbonyl (C=O) groups is 2. The maximum Gasteiger partial charge on any atom is 0.323 e. The first-order valence-corrected chi connectivity index (χ1v) is 9.18. The van der Waals surface area contributed by atoms with Gasteiger partial charge in [0, 0.05) is 28.3 Å². The van der Waals surface area contributed by atoms with Gasteiger partial charge in [0.25, 0.3) is 5.91 Å². The van der Waals surface area contributed by atoms with Crippen LogP contribution in [-0.2, 0) is 9.53 Å². The molecule has 2 heterocycles. The summed E-state index contributed by atoms with van der Waals surface area (Å²) in [6.07, 6.45) is -0.237. The molecule has 3 unspecified atom stereocenters. The average molecular weight is 422 g/mol. The Labute approximate surface area is 171 Å². The third-order valence-electron chi connectivity index (χ3n) is 5.35. The van der Waals surface area contributed by atoms with Crippen LogP contribution in [0, 0.1) is 17.6 Å². The van der Waals surface area contributed by atoms with Gasteiger partial charge in [0.15, 0.2) is 11.6 Å². The molecule has 2 aromatic rings. The number of aromatic nitrogens is 1. The lowest BCUT2D eigenvalue weighted by molar-refractivity contribution is -0.905. The van der Waals surface area contributed by atoms with E-state index in [1.54, 1.807) is 6.92 Å². The Morgan fingerprint density at radius 2 is 1.97 bits per heavy atom. The smallest absolute Gasteiger partial charge is 0.323 e. The molecule has 3 rings (SSSR count). The number of methoxy groups -OCH3 is 1. The quantitative estimate of drug-likeness (QED) is 0.502. The fourth-order valence-corrected chi connectivity index (χ4v) is 3.66. The molecule has 4 N–H and O–H groups in total. The fraction of sp³-hybridized carbons (Fsp3) is 0.350. The van der Waals surface area contributed by atoms with Gasteiger partial charge in [0.1, 0.15) is 6.10 Å². The molecule has 0 bridgehead atoms. The molecule has 8 nitrogen and oxygen atoms in total. The monoisotopic (exact) mass is 422 g/mol. The van der Waals surface area contributed by atoms with Crippen molar-refractivity contribution in [3.63, 3.8) is 0 Å². The summed E-state index contributed by atoms with van der Waals surface area (Å²) in [5.41, 5.74) is 5.47. The van der Waals surface area contributed by atoms with Crippen molar-refractivity contribution in [3.05, 3.63) is 53.4 Å². The molecule has 4 atom stereocenters. The number of nitrogens with two attached hydrogens (primary N) is 1. The zero-order valence-electron chi connectivity index (χ0n) is 16.6. The number of hydrogen-bond donors (Lipinski definition) is 3. The van der Waals surface area contributed by atoms with E-state index in [0.717, 1.165) is 12.3 Å². The summed E-state index contributed by atoms with van der Waals surface area (Å²) in [4.78, 5) is 24.4. The average Bonchev–Trinajstić information content (AvgIpc) is 3.00. The van der Waals surface area contributed by atoms with E-state index in [1.165, 1.54) is 25.3 Å². The number of nitrogens with one attached hydrogen (secondary N) is 1. The fourth-order valence-electron chi connectivity index (χ4n) is 3.66. The minimum atomic E-state index is -1.14. The summed E-state index contributed by atoms with van der Waals surface area (Å²) in [6, 6.07) is 4.92. The molecule has 1 saturated heterocycles. The third kappa shape index (κ3) is 3.78. The number of hydrogen-bond acceptors (Lipinski definition) is 5. The van der Waals surface area contributed by atoms with Gasteiger partial charge in [-0.05, 0) is 18.9 Å². The molecule has 1 aliphatic rings. The van der Waals surface area contributed by atoms with Crippen LogP contribution in [0.2, 0.25) is 0 Å². The number of nitrogens with zero attached hydrogens (tertiary/aromatic N) is 1. The highest BCUT2D eigenvalue weighted by Gasteiger charge is 2.46. The van der Waals surface area contributed by atoms with E-state index in [0.29, 0.717) is 10.3 Å². The molecule has 1 aromatic carbocycles. The second kappa shape index (κ2) is 8.23. The Kier molecular flexibility index (Phi) is 5.88. The number of ether oxygens (including phenoxy) is 2. The standard InChI is InChI=1S/C20H21F2N3O5/c1-9-10(2)30-18(15(9)12-4-5-13(21)16(22)17(12)29-3)20(27)24-11-6-7-25(28)14(8-11)19(23)26/h4-10,15,18,28H,1-3H3,(H2,23,26)/p+1/t9?,10?,15?,18-/m1/s1. The number of pyridine rings is 1. The number of benzene rings is 1. The Hall–Kier alpha value is -3.27. The van der Waals surface area contributed by atoms with Gasteiger partial charge in [-0.15, -0.1) is 0 Å². The molecule has 1 fully saturated rings. The van der Waals surface area contributed by atoms with Crippen molar-refractivity contribution in [2.75, 3.05) is 12.4 Å². The molecular formula is C20H22F2N3O5+. The van der Waals surface area contributed by atoms with Crippen LogP contribution in [0.15, 0.2) is 30.5 Å². The summed E-state index contributed by atoms with van der Waals surface area (Å²) in [5.74, 6) is -4.76. The lowest BCUT2D eigenvalue weighted by atomic mass is 9.82. The minimum Gasteiger partial charge on any atom is -0.493 e. The Morgan fingerprint density at radius 3 is 2.60 bits per heavy atom. The van der Waals surface area contributed by atoms with E-state index in [-0.39, 0.29) is 29.2 Å². The predicted octanol–water partition coefficient (Wildman–Crippen LogP) is 1.74. The topological polar surface area (TPSA) is 115 Å². The first-order valence-electron chi connectivity index (χ1n) is 9.18. The van der Waals surface area contributed by atoms with Crippen LogP contribution in [0.5, 0.6) is 5.75 Å². The van der Waals surface area contributed by atoms with Crippen molar-refractivity contribution in [2.24, 2.45) is 11.7 Å². The van der Waals surface area contributed by atoms with Crippen molar-refractivity contribution in [2.45, 2.75) is 32.0 Å². The van der Waals surface area contributed by atoms with Gasteiger partial charge in [-0.25, -0.2) is 4.39 Å². The summed E-state index contributed by atoms with van der Waals surface area (Å²) < 4.78 is 39.3. The van der Waals surface area contributed by atoms with Gasteiger partial charge in [-0.1, -0.05) is 13.0 Å². The highest BCUT2D eigenvalue weighted by Crippen LogP contribution is 2.44. The van der Waals surface area contributed by atoms with Gasteiger partial charge in [0.2, 0.25) is 12.0 Å². The second-order valence-electron chi connectivity index (χ2n) is 7.13. The van der Waals surface area contributed by atoms with Crippen LogP contribution in [0.1, 0.15) is 35.8 Å². The van der Waals surface area contributed by atoms with Crippen molar-refractivity contribution in [3.8, 4) is 5.75 Å². The molecular weight excluding hydrogens is 400 g/mol. The molecule has 0 radical (unpaired) electrons. The maximum atomic E-state index is 14.3. The third-order valence-corrected chi connectivity index (χ3v) is 5.35. The zero-order chi connectivity index (χ0) is 22.2. The summed E-state index contributed by atoms with van der Waals surface area (Å²) in [6.45, 7) is 3.62. The first kappa shape index (κ1) is 21.4. The van der Waals surface area contributed by atoms with Crippen molar-refractivity contribution < 1.29 is 37.8 Å². The molecule has 0 aliphatic carbocycles. The Bertz CT molecular complexity index is 1000. The Morgan fingerprint density at radius 1 is 1.27 bits per heavy atom. The van der Waals surface area contributed by atoms with Crippen LogP contribution in [-0.4, -0.2) is 36.3 Å². The van der Waals surface area contributed by atoms with Crippen LogP contribution in [0.25, 0.3) is 0 Å². The highest BCUT2D eigenvalue weighted by molar-refractivity contribution is 5.96. The first-order chi connectivity index (χ1) is 14.1. The number of rotatable bonds is 5. The molecule has 2 amide bonds. The van der Waals surface area contributed by atoms with Crippen molar-refractivity contribution >= 4 is 17.5 Å². The van der Waals surface area contributed by atoms with E-state index >= 15 is 0 Å². The molecule has 0 spiro atoms. The maximum absolute atomic E-state index is 14.3. The molecule has 30 heavy (non-hydrogen) atoms. The van der Waals surface area contributed by atoms with Crippen molar-refractivity contribution in [1.82, 2.24) is 0 Å². The lowest BCUT2D eigenvalue weighted by Gasteiger charge is -2.23. The van der Waals surface area contributed by atoms with Crippen LogP contribution >= 0.6 is 0 Å². The zero-order valence-corrected chi connectivity index (χ0v) is 16.6. The summed E-state index contributed by atoms with van der Waals surface area (Å²) in [7, 11) is 1.22. The molecule has 10 heteroatoms. The van der Waals surface area contributed by atoms with Crippen LogP contribution in [0.4, 0.5) is 14.5 Å². The number of halogens is 2. The molecule has 1 aliphatic heterocycles. The SMILES string of the molecule is COc1c(C2C(C)C(C)O[C@H]2C(=O)Nc2cc[n+](O)c(C(N)=O)c2)ccc(F)c1F. The molecule has 0 saturated carbocycles. The van der Waals surface area contributed by atoms with Gasteiger partial charge < -0.3 is 20.5 Å². The van der Waals surface area contributed by atoms with E-state index in [1.807, 2.05) is 6.92 Å². The summed E-state index contributed by atoms with van der Waals surface area (Å²) >= 11 is 0. The van der Waals surface area contributed by atoms with Gasteiger partial charge >= 0.3 is 11.6 Å². The number of anilines is 1. The van der Waals surface area contributed by atoms with E-state index in [4.69, 9.17) is 15.2 Å². The van der Waals surface area contributed by atoms with Crippen LogP contribution in [0.3, 0.4) is 0 Å². The van der Waals surface area contributed by atoms with Crippen LogP contribution < -0.4 is 20.5 Å². The summed E-state index contributed by atoms with van der Waals surface area (Å²) in [5, 5.41) is 12.2. The Balaban J connectivity index is 1.95. The lowest BCUT2D eigenvalue weighted by Crippen LogP contribution is -2.40. The molecule has 160 valence electrons. The minimum absolute atomic E-state index is 0.200. The second-order valence-corrected chi connectivity index (χ2v) is 7.13. The largest absolute Gasteiger partial charge is 0.493 e. The highest BCUT2D eigenvalue weighted by atomic mass is 19.2. The van der Waals surface area contributed by atoms with Gasteiger partial charge in [0.05, 0.1) is 18.9 Å². The van der Waals surface area contributed by atoms with E-state index < -0.39 is 35.5 Å². The molecule has 1 aromatic heterocycles. The van der Waals surface area contributed by atoms with Gasteiger partial charge in [-0.2, -0.15) is 4.39 Å². The van der Waals surface area contributed by atoms with E-state index in [9.17, 15) is 23.6 Å². The number of carbonyl (C=O) groups excluding carboxylic acids is 2. The number of amides is 2.